The van der Waals surface area contributed by atoms with Crippen LogP contribution in [0.4, 0.5) is 4.79 Å². The van der Waals surface area contributed by atoms with E-state index >= 15 is 0 Å². The molecule has 4 atom stereocenters. The van der Waals surface area contributed by atoms with E-state index in [0.29, 0.717) is 12.8 Å². The molecule has 2 fully saturated rings. The monoisotopic (exact) mass is 576 g/mol. The molecule has 1 saturated heterocycles. The predicted octanol–water partition coefficient (Wildman–Crippen LogP) is 4.61. The molecule has 5 rings (SSSR count). The van der Waals surface area contributed by atoms with E-state index < -0.39 is 41.8 Å². The summed E-state index contributed by atoms with van der Waals surface area (Å²) >= 11 is 0. The normalized spacial score (nSPS) is 22.4. The van der Waals surface area contributed by atoms with Gasteiger partial charge in [0.25, 0.3) is 0 Å². The van der Waals surface area contributed by atoms with Crippen molar-refractivity contribution < 1.29 is 33.4 Å². The van der Waals surface area contributed by atoms with Gasteiger partial charge >= 0.3 is 12.1 Å². The number of nitrogens with zero attached hydrogens (tertiary/aromatic N) is 1. The summed E-state index contributed by atoms with van der Waals surface area (Å²) in [7, 11) is 1.25. The van der Waals surface area contributed by atoms with Crippen molar-refractivity contribution in [3.05, 3.63) is 59.7 Å². The topological polar surface area (TPSA) is 111 Å². The first-order valence-electron chi connectivity index (χ1n) is 14.8. The summed E-state index contributed by atoms with van der Waals surface area (Å²) in [5.74, 6) is -1.43. The van der Waals surface area contributed by atoms with Crippen LogP contribution in [0.3, 0.4) is 0 Å². The molecule has 9 nitrogen and oxygen atoms in total. The summed E-state index contributed by atoms with van der Waals surface area (Å²) in [6.07, 6.45) is 1.36. The maximum Gasteiger partial charge on any atom is 0.410 e. The molecular weight excluding hydrogens is 536 g/mol. The molecule has 2 aliphatic carbocycles. The van der Waals surface area contributed by atoms with Gasteiger partial charge in [-0.05, 0) is 62.3 Å². The Morgan fingerprint density at radius 3 is 2.24 bits per heavy atom. The lowest BCUT2D eigenvalue weighted by Crippen LogP contribution is -2.51. The minimum absolute atomic E-state index is 0.0953. The highest BCUT2D eigenvalue weighted by Gasteiger charge is 2.44. The lowest BCUT2D eigenvalue weighted by atomic mass is 9.97. The summed E-state index contributed by atoms with van der Waals surface area (Å²) in [4.78, 5) is 53.5. The van der Waals surface area contributed by atoms with Crippen molar-refractivity contribution in [3.8, 4) is 11.1 Å². The molecule has 1 N–H and O–H groups in total. The third kappa shape index (κ3) is 6.36. The van der Waals surface area contributed by atoms with Crippen molar-refractivity contribution in [2.45, 2.75) is 82.6 Å². The summed E-state index contributed by atoms with van der Waals surface area (Å²) in [5.41, 5.74) is 3.96. The Hall–Kier alpha value is -3.72. The van der Waals surface area contributed by atoms with Crippen LogP contribution in [-0.2, 0) is 28.6 Å². The second kappa shape index (κ2) is 12.3. The number of esters is 1. The van der Waals surface area contributed by atoms with Crippen molar-refractivity contribution in [1.82, 2.24) is 10.2 Å². The Kier molecular flexibility index (Phi) is 8.68. The minimum atomic E-state index is -0.985. The molecule has 2 aromatic rings. The molecule has 224 valence electrons. The quantitative estimate of drug-likeness (QED) is 0.457. The Balaban J connectivity index is 1.31. The van der Waals surface area contributed by atoms with E-state index in [1.165, 1.54) is 12.0 Å². The fourth-order valence-electron chi connectivity index (χ4n) is 6.56. The van der Waals surface area contributed by atoms with E-state index in [-0.39, 0.29) is 43.6 Å². The zero-order chi connectivity index (χ0) is 30.0. The smallest absolute Gasteiger partial charge is 0.410 e. The van der Waals surface area contributed by atoms with Crippen LogP contribution in [0, 0.1) is 5.92 Å². The number of ketones is 1. The number of fused-ring (bicyclic) bond motifs is 3. The Morgan fingerprint density at radius 2 is 1.67 bits per heavy atom. The van der Waals surface area contributed by atoms with Gasteiger partial charge in [0.2, 0.25) is 5.91 Å². The third-order valence-corrected chi connectivity index (χ3v) is 8.41. The molecule has 1 aliphatic heterocycles. The summed E-state index contributed by atoms with van der Waals surface area (Å²) in [6.45, 7) is 6.06. The molecule has 2 amide bonds. The molecule has 0 bridgehead atoms. The van der Waals surface area contributed by atoms with Crippen molar-refractivity contribution in [2.75, 3.05) is 20.3 Å². The Bertz CT molecular complexity index is 1300. The van der Waals surface area contributed by atoms with Crippen LogP contribution in [-0.4, -0.2) is 72.7 Å². The van der Waals surface area contributed by atoms with Crippen molar-refractivity contribution >= 4 is 23.8 Å². The van der Waals surface area contributed by atoms with Crippen LogP contribution < -0.4 is 5.32 Å². The second-order valence-electron chi connectivity index (χ2n) is 12.4. The van der Waals surface area contributed by atoms with E-state index in [1.807, 2.05) is 45.0 Å². The Labute approximate surface area is 246 Å². The summed E-state index contributed by atoms with van der Waals surface area (Å²) in [6, 6.07) is 14.3. The highest BCUT2D eigenvalue weighted by atomic mass is 16.6. The fraction of sp³-hybridized carbons (Fsp3) is 0.515. The van der Waals surface area contributed by atoms with Crippen molar-refractivity contribution in [1.29, 1.82) is 0 Å². The zero-order valence-corrected chi connectivity index (χ0v) is 24.8. The third-order valence-electron chi connectivity index (χ3n) is 8.41. The number of hydrogen-bond acceptors (Lipinski definition) is 7. The standard InChI is InChI=1S/C33H40N2O7/c1-33(2,3)42-21-17-28(30(37)34-27(31(38)40-4)16-20-10-9-15-29(20)36)35(18-21)32(39)41-19-26-24-13-7-5-11-22(24)23-12-6-8-14-25(23)26/h5-8,11-14,20-21,26-28H,9-10,15-19H2,1-4H3,(H,34,37)/t20-,21+,27-,28-/m0/s1. The molecule has 2 aromatic carbocycles. The number of rotatable bonds is 8. The second-order valence-corrected chi connectivity index (χ2v) is 12.4. The minimum Gasteiger partial charge on any atom is -0.467 e. The summed E-state index contributed by atoms with van der Waals surface area (Å²) < 4.78 is 17.0. The highest BCUT2D eigenvalue weighted by molar-refractivity contribution is 5.91. The van der Waals surface area contributed by atoms with E-state index in [1.54, 1.807) is 0 Å². The number of nitrogens with one attached hydrogen (secondary N) is 1. The first-order chi connectivity index (χ1) is 20.1. The van der Waals surface area contributed by atoms with Crippen LogP contribution in [0.15, 0.2) is 48.5 Å². The molecule has 0 spiro atoms. The number of Topliss-reactive ketones (excluding diaryl/α,β-unsaturated/α-hetero) is 1. The summed E-state index contributed by atoms with van der Waals surface area (Å²) in [5, 5.41) is 2.78. The number of likely N-dealkylation sites (tertiary alicyclic amines) is 1. The van der Waals surface area contributed by atoms with Gasteiger partial charge in [-0.1, -0.05) is 48.5 Å². The van der Waals surface area contributed by atoms with Gasteiger partial charge < -0.3 is 19.5 Å². The number of carbonyl (C=O) groups excluding carboxylic acids is 4. The lowest BCUT2D eigenvalue weighted by Gasteiger charge is -2.26. The molecule has 0 unspecified atom stereocenters. The van der Waals surface area contributed by atoms with Gasteiger partial charge in [-0.25, -0.2) is 9.59 Å². The van der Waals surface area contributed by atoms with Crippen LogP contribution in [0.1, 0.15) is 69.9 Å². The first-order valence-corrected chi connectivity index (χ1v) is 14.8. The SMILES string of the molecule is COC(=O)[C@H](C[C@@H]1CCCC1=O)NC(=O)[C@@H]1C[C@@H](OC(C)(C)C)CN1C(=O)OCC1c2ccccc2-c2ccccc21. The molecule has 9 heteroatoms. The van der Waals surface area contributed by atoms with Gasteiger partial charge in [0.05, 0.1) is 25.4 Å². The number of ether oxygens (including phenoxy) is 3. The van der Waals surface area contributed by atoms with Gasteiger partial charge in [0.1, 0.15) is 24.5 Å². The number of benzene rings is 2. The maximum atomic E-state index is 13.6. The van der Waals surface area contributed by atoms with Crippen molar-refractivity contribution in [3.63, 3.8) is 0 Å². The maximum absolute atomic E-state index is 13.6. The molecule has 42 heavy (non-hydrogen) atoms. The first kappa shape index (κ1) is 29.8. The molecule has 1 saturated carbocycles. The van der Waals surface area contributed by atoms with E-state index in [9.17, 15) is 19.2 Å². The average molecular weight is 577 g/mol. The zero-order valence-electron chi connectivity index (χ0n) is 24.8. The van der Waals surface area contributed by atoms with Crippen molar-refractivity contribution in [2.24, 2.45) is 5.92 Å². The molecule has 1 heterocycles. The van der Waals surface area contributed by atoms with Gasteiger partial charge in [-0.2, -0.15) is 0 Å². The van der Waals surface area contributed by atoms with Gasteiger partial charge in [0, 0.05) is 24.7 Å². The average Bonchev–Trinajstić information content (AvgIpc) is 3.65. The molecule has 0 aromatic heterocycles. The largest absolute Gasteiger partial charge is 0.467 e. The van der Waals surface area contributed by atoms with Crippen LogP contribution in [0.2, 0.25) is 0 Å². The van der Waals surface area contributed by atoms with E-state index in [2.05, 4.69) is 29.6 Å². The Morgan fingerprint density at radius 1 is 1.02 bits per heavy atom. The number of carbonyl (C=O) groups is 4. The van der Waals surface area contributed by atoms with E-state index in [0.717, 1.165) is 28.7 Å². The molecular formula is C33H40N2O7. The number of hydrogen-bond donors (Lipinski definition) is 1. The van der Waals surface area contributed by atoms with Gasteiger partial charge in [0.15, 0.2) is 0 Å². The number of amides is 2. The van der Waals surface area contributed by atoms with Gasteiger partial charge in [-0.3, -0.25) is 14.5 Å². The fourth-order valence-corrected chi connectivity index (χ4v) is 6.56. The molecule has 3 aliphatic rings. The van der Waals surface area contributed by atoms with E-state index in [4.69, 9.17) is 14.2 Å². The predicted molar refractivity (Wildman–Crippen MR) is 156 cm³/mol. The lowest BCUT2D eigenvalue weighted by molar-refractivity contribution is -0.146. The van der Waals surface area contributed by atoms with Crippen LogP contribution >= 0.6 is 0 Å². The van der Waals surface area contributed by atoms with Gasteiger partial charge in [-0.15, -0.1) is 0 Å². The molecule has 0 radical (unpaired) electrons. The van der Waals surface area contributed by atoms with Crippen LogP contribution in [0.5, 0.6) is 0 Å². The van der Waals surface area contributed by atoms with Crippen LogP contribution in [0.25, 0.3) is 11.1 Å². The highest BCUT2D eigenvalue weighted by Crippen LogP contribution is 2.44. The number of methoxy groups -OCH3 is 1.